The predicted molar refractivity (Wildman–Crippen MR) is 94.5 cm³/mol. The fourth-order valence-corrected chi connectivity index (χ4v) is 3.02. The molecule has 0 unspecified atom stereocenters. The average Bonchev–Trinajstić information content (AvgIpc) is 3.18. The first-order valence-electron chi connectivity index (χ1n) is 8.99. The third-order valence-corrected chi connectivity index (χ3v) is 4.47. The van der Waals surface area contributed by atoms with Crippen LogP contribution in [0.25, 0.3) is 0 Å². The fraction of sp³-hybridized carbons (Fsp3) is 0.611. The molecule has 0 saturated carbocycles. The molecule has 2 amide bonds. The molecule has 2 atom stereocenters. The predicted octanol–water partition coefficient (Wildman–Crippen LogP) is 0.741. The first-order valence-corrected chi connectivity index (χ1v) is 8.99. The molecule has 0 radical (unpaired) electrons. The molecule has 0 spiro atoms. The van der Waals surface area contributed by atoms with Gasteiger partial charge in [0.05, 0.1) is 0 Å². The summed E-state index contributed by atoms with van der Waals surface area (Å²) in [6.45, 7) is 1.95. The van der Waals surface area contributed by atoms with Crippen LogP contribution in [-0.4, -0.2) is 52.5 Å². The van der Waals surface area contributed by atoms with Gasteiger partial charge in [-0.3, -0.25) is 14.6 Å². The zero-order chi connectivity index (χ0) is 18.1. The van der Waals surface area contributed by atoms with Crippen molar-refractivity contribution in [2.24, 2.45) is 5.73 Å². The Hall–Kier alpha value is -1.99. The number of amides is 2. The Bertz CT molecular complexity index is 547. The molecular formula is C18H28N4O3. The topological polar surface area (TPSA) is 109 Å². The minimum absolute atomic E-state index is 0.220. The number of unbranched alkanes of at least 4 members (excludes halogenated alkanes) is 2. The van der Waals surface area contributed by atoms with Crippen LogP contribution in [0.2, 0.25) is 0 Å². The largest absolute Gasteiger partial charge is 0.386 e. The van der Waals surface area contributed by atoms with E-state index in [2.05, 4.69) is 10.3 Å². The number of nitrogens with one attached hydrogen (secondary N) is 1. The van der Waals surface area contributed by atoms with Crippen molar-refractivity contribution in [2.75, 3.05) is 19.6 Å². The normalized spacial score (nSPS) is 16.5. The number of rotatable bonds is 9. The van der Waals surface area contributed by atoms with Crippen molar-refractivity contribution in [3.63, 3.8) is 0 Å². The third-order valence-electron chi connectivity index (χ3n) is 4.47. The smallest absolute Gasteiger partial charge is 0.248 e. The number of carbonyl (C=O) groups excluding carboxylic acids is 2. The van der Waals surface area contributed by atoms with Crippen LogP contribution in [0.1, 0.15) is 50.2 Å². The summed E-state index contributed by atoms with van der Waals surface area (Å²) in [5, 5.41) is 13.4. The maximum Gasteiger partial charge on any atom is 0.248 e. The van der Waals surface area contributed by atoms with Gasteiger partial charge in [0.1, 0.15) is 12.1 Å². The molecular weight excluding hydrogens is 320 g/mol. The zero-order valence-corrected chi connectivity index (χ0v) is 14.6. The Kier molecular flexibility index (Phi) is 7.81. The Morgan fingerprint density at radius 1 is 1.20 bits per heavy atom. The van der Waals surface area contributed by atoms with Gasteiger partial charge in [0, 0.05) is 31.9 Å². The van der Waals surface area contributed by atoms with Crippen LogP contribution in [0.3, 0.4) is 0 Å². The van der Waals surface area contributed by atoms with Gasteiger partial charge < -0.3 is 21.1 Å². The van der Waals surface area contributed by atoms with Crippen molar-refractivity contribution in [1.82, 2.24) is 15.2 Å². The summed E-state index contributed by atoms with van der Waals surface area (Å²) in [5.41, 5.74) is 6.02. The number of likely N-dealkylation sites (tertiary alicyclic amines) is 1. The number of hydrogen-bond acceptors (Lipinski definition) is 5. The summed E-state index contributed by atoms with van der Waals surface area (Å²) in [6.07, 6.45) is 6.74. The minimum atomic E-state index is -1.09. The molecule has 2 rings (SSSR count). The van der Waals surface area contributed by atoms with Gasteiger partial charge in [-0.2, -0.15) is 0 Å². The molecule has 7 nitrogen and oxygen atoms in total. The van der Waals surface area contributed by atoms with Crippen molar-refractivity contribution in [1.29, 1.82) is 0 Å². The summed E-state index contributed by atoms with van der Waals surface area (Å²) >= 11 is 0. The molecule has 0 aromatic carbocycles. The van der Waals surface area contributed by atoms with Gasteiger partial charge in [-0.1, -0.05) is 6.42 Å². The van der Waals surface area contributed by atoms with Gasteiger partial charge in [-0.25, -0.2) is 0 Å². The molecule has 138 valence electrons. The maximum atomic E-state index is 12.8. The van der Waals surface area contributed by atoms with Crippen LogP contribution in [0.15, 0.2) is 24.5 Å². The molecule has 1 saturated heterocycles. The van der Waals surface area contributed by atoms with Crippen molar-refractivity contribution >= 4 is 11.8 Å². The summed E-state index contributed by atoms with van der Waals surface area (Å²) in [7, 11) is 0. The first kappa shape index (κ1) is 19.3. The Morgan fingerprint density at radius 2 is 1.88 bits per heavy atom. The van der Waals surface area contributed by atoms with E-state index in [9.17, 15) is 14.7 Å². The molecule has 1 fully saturated rings. The van der Waals surface area contributed by atoms with Gasteiger partial charge in [0.25, 0.3) is 0 Å². The number of aliphatic hydroxyl groups is 1. The molecule has 0 aliphatic carbocycles. The molecule has 1 aromatic heterocycles. The Morgan fingerprint density at radius 3 is 2.52 bits per heavy atom. The lowest BCUT2D eigenvalue weighted by Gasteiger charge is -2.28. The van der Waals surface area contributed by atoms with Crippen LogP contribution in [-0.2, 0) is 9.59 Å². The SMILES string of the molecule is NCCCCCC(=O)N[C@@H](C(=O)N1CCCC1)[C@@H](O)c1ccncc1. The molecule has 1 aliphatic heterocycles. The summed E-state index contributed by atoms with van der Waals surface area (Å²) < 4.78 is 0. The van der Waals surface area contributed by atoms with Crippen LogP contribution in [0.5, 0.6) is 0 Å². The van der Waals surface area contributed by atoms with Crippen LogP contribution in [0.4, 0.5) is 0 Å². The third kappa shape index (κ3) is 5.79. The highest BCUT2D eigenvalue weighted by Gasteiger charge is 2.33. The molecule has 1 aromatic rings. The quantitative estimate of drug-likeness (QED) is 0.571. The van der Waals surface area contributed by atoms with Crippen molar-refractivity contribution in [2.45, 2.75) is 50.7 Å². The van der Waals surface area contributed by atoms with Gasteiger partial charge in [-0.15, -0.1) is 0 Å². The fourth-order valence-electron chi connectivity index (χ4n) is 3.02. The number of aromatic nitrogens is 1. The van der Waals surface area contributed by atoms with E-state index in [1.807, 2.05) is 0 Å². The molecule has 1 aliphatic rings. The first-order chi connectivity index (χ1) is 12.1. The van der Waals surface area contributed by atoms with E-state index < -0.39 is 12.1 Å². The number of pyridine rings is 1. The molecule has 2 heterocycles. The standard InChI is InChI=1S/C18H28N4O3/c19-9-3-1-2-6-15(23)21-16(18(25)22-12-4-5-13-22)17(24)14-7-10-20-11-8-14/h7-8,10-11,16-17,24H,1-6,9,12-13,19H2,(H,21,23)/t16-,17+/m1/s1. The van der Waals surface area contributed by atoms with Crippen LogP contribution in [0, 0.1) is 0 Å². The molecule has 0 bridgehead atoms. The van der Waals surface area contributed by atoms with E-state index in [1.54, 1.807) is 29.4 Å². The number of nitrogens with two attached hydrogens (primary N) is 1. The maximum absolute atomic E-state index is 12.8. The van der Waals surface area contributed by atoms with Gasteiger partial charge in [0.15, 0.2) is 0 Å². The number of aliphatic hydroxyl groups excluding tert-OH is 1. The number of hydrogen-bond donors (Lipinski definition) is 3. The number of nitrogens with zero attached hydrogens (tertiary/aromatic N) is 2. The molecule has 4 N–H and O–H groups in total. The van der Waals surface area contributed by atoms with Crippen LogP contribution < -0.4 is 11.1 Å². The van der Waals surface area contributed by atoms with Crippen molar-refractivity contribution in [3.05, 3.63) is 30.1 Å². The Balaban J connectivity index is 2.03. The lowest BCUT2D eigenvalue weighted by Crippen LogP contribution is -2.51. The zero-order valence-electron chi connectivity index (χ0n) is 14.6. The summed E-state index contributed by atoms with van der Waals surface area (Å²) in [6, 6.07) is 2.34. The highest BCUT2D eigenvalue weighted by atomic mass is 16.3. The lowest BCUT2D eigenvalue weighted by molar-refractivity contribution is -0.139. The second-order valence-electron chi connectivity index (χ2n) is 6.40. The van der Waals surface area contributed by atoms with Crippen molar-refractivity contribution in [3.8, 4) is 0 Å². The lowest BCUT2D eigenvalue weighted by atomic mass is 10.0. The van der Waals surface area contributed by atoms with Gasteiger partial charge >= 0.3 is 0 Å². The van der Waals surface area contributed by atoms with E-state index in [0.717, 1.165) is 32.1 Å². The highest BCUT2D eigenvalue weighted by molar-refractivity contribution is 5.88. The summed E-state index contributed by atoms with van der Waals surface area (Å²) in [5.74, 6) is -0.445. The van der Waals surface area contributed by atoms with E-state index in [0.29, 0.717) is 31.6 Å². The second kappa shape index (κ2) is 10.1. The van der Waals surface area contributed by atoms with E-state index in [4.69, 9.17) is 5.73 Å². The number of carbonyl (C=O) groups is 2. The second-order valence-corrected chi connectivity index (χ2v) is 6.40. The molecule has 7 heteroatoms. The van der Waals surface area contributed by atoms with Crippen molar-refractivity contribution < 1.29 is 14.7 Å². The van der Waals surface area contributed by atoms with Gasteiger partial charge in [-0.05, 0) is 49.9 Å². The van der Waals surface area contributed by atoms with Crippen LogP contribution >= 0.6 is 0 Å². The van der Waals surface area contributed by atoms with E-state index in [-0.39, 0.29) is 11.8 Å². The Labute approximate surface area is 148 Å². The van der Waals surface area contributed by atoms with E-state index in [1.165, 1.54) is 0 Å². The monoisotopic (exact) mass is 348 g/mol. The average molecular weight is 348 g/mol. The van der Waals surface area contributed by atoms with Gasteiger partial charge in [0.2, 0.25) is 11.8 Å². The molecule has 25 heavy (non-hydrogen) atoms. The minimum Gasteiger partial charge on any atom is -0.386 e. The highest BCUT2D eigenvalue weighted by Crippen LogP contribution is 2.20. The van der Waals surface area contributed by atoms with E-state index >= 15 is 0 Å². The summed E-state index contributed by atoms with van der Waals surface area (Å²) in [4.78, 5) is 30.7.